The van der Waals surface area contributed by atoms with Gasteiger partial charge in [0, 0.05) is 2.74 Å². The zero-order chi connectivity index (χ0) is 17.8. The number of hydrogen-bond acceptors (Lipinski definition) is 4. The highest BCUT2D eigenvalue weighted by atomic mass is 127. The standard InChI is InChI=1S/C14H26INO4/c1-13(2,3)19-11(17)10(8-7-9-15)16-12(18)20-14(4,5)6/h10H,7-9H2,1-6H3,(H,16,18)/t10-/m0/s1/i9D2. The maximum absolute atomic E-state index is 12.2. The SMILES string of the molecule is [2H]C([2H])(I)CC[C@H](NC(=O)OC(C)(C)C)C(=O)OC(C)(C)C. The maximum atomic E-state index is 12.2. The van der Waals surface area contributed by atoms with Gasteiger partial charge in [-0.15, -0.1) is 0 Å². The quantitative estimate of drug-likeness (QED) is 0.436. The molecule has 0 spiro atoms. The van der Waals surface area contributed by atoms with Gasteiger partial charge in [0.1, 0.15) is 17.2 Å². The highest BCUT2D eigenvalue weighted by molar-refractivity contribution is 14.1. The molecular weight excluding hydrogens is 373 g/mol. The van der Waals surface area contributed by atoms with Gasteiger partial charge in [-0.25, -0.2) is 9.59 Å². The number of alkyl carbamates (subject to hydrolysis) is 1. The van der Waals surface area contributed by atoms with Crippen molar-refractivity contribution < 1.29 is 21.8 Å². The zero-order valence-corrected chi connectivity index (χ0v) is 15.2. The highest BCUT2D eigenvalue weighted by Gasteiger charge is 2.28. The van der Waals surface area contributed by atoms with E-state index >= 15 is 0 Å². The lowest BCUT2D eigenvalue weighted by atomic mass is 10.1. The summed E-state index contributed by atoms with van der Waals surface area (Å²) in [5, 5.41) is 2.46. The minimum Gasteiger partial charge on any atom is -0.458 e. The molecular formula is C14H26INO4. The van der Waals surface area contributed by atoms with E-state index in [4.69, 9.17) is 12.2 Å². The predicted octanol–water partition coefficient (Wildman–Crippen LogP) is 3.44. The molecule has 5 nitrogen and oxygen atoms in total. The molecule has 0 heterocycles. The third-order valence-corrected chi connectivity index (χ3v) is 2.45. The van der Waals surface area contributed by atoms with Crippen LogP contribution < -0.4 is 5.32 Å². The van der Waals surface area contributed by atoms with E-state index in [1.165, 1.54) is 0 Å². The molecule has 20 heavy (non-hydrogen) atoms. The Hall–Kier alpha value is -0.530. The van der Waals surface area contributed by atoms with Gasteiger partial charge in [0.25, 0.3) is 0 Å². The molecule has 1 atom stereocenters. The fourth-order valence-corrected chi connectivity index (χ4v) is 1.58. The van der Waals surface area contributed by atoms with E-state index in [-0.39, 0.29) is 12.8 Å². The van der Waals surface area contributed by atoms with E-state index in [2.05, 4.69) is 5.32 Å². The molecule has 1 amide bonds. The van der Waals surface area contributed by atoms with Gasteiger partial charge in [0.05, 0.1) is 0 Å². The fourth-order valence-electron chi connectivity index (χ4n) is 1.27. The van der Waals surface area contributed by atoms with E-state index in [9.17, 15) is 9.59 Å². The first-order valence-corrected chi connectivity index (χ1v) is 7.58. The summed E-state index contributed by atoms with van der Waals surface area (Å²) in [6, 6.07) is -0.945. The summed E-state index contributed by atoms with van der Waals surface area (Å²) in [5.41, 5.74) is -1.37. The molecule has 0 aliphatic carbocycles. The molecule has 6 heteroatoms. The van der Waals surface area contributed by atoms with E-state index in [0.29, 0.717) is 0 Å². The molecule has 0 aromatic heterocycles. The van der Waals surface area contributed by atoms with E-state index < -0.39 is 33.7 Å². The topological polar surface area (TPSA) is 64.6 Å². The lowest BCUT2D eigenvalue weighted by Crippen LogP contribution is -2.46. The number of carbonyl (C=O) groups excluding carboxylic acids is 2. The molecule has 0 unspecified atom stereocenters. The molecule has 0 fully saturated rings. The van der Waals surface area contributed by atoms with Crippen molar-refractivity contribution in [1.29, 1.82) is 0 Å². The van der Waals surface area contributed by atoms with Crippen LogP contribution >= 0.6 is 22.6 Å². The Morgan fingerprint density at radius 2 is 1.65 bits per heavy atom. The summed E-state index contributed by atoms with van der Waals surface area (Å²) in [6.45, 7) is 10.3. The maximum Gasteiger partial charge on any atom is 0.408 e. The molecule has 118 valence electrons. The fraction of sp³-hybridized carbons (Fsp3) is 0.857. The van der Waals surface area contributed by atoms with Crippen molar-refractivity contribution >= 4 is 34.7 Å². The van der Waals surface area contributed by atoms with Crippen molar-refractivity contribution in [3.05, 3.63) is 0 Å². The van der Waals surface area contributed by atoms with Crippen LogP contribution in [-0.2, 0) is 14.3 Å². The molecule has 0 aromatic carbocycles. The molecule has 0 aliphatic rings. The van der Waals surface area contributed by atoms with Gasteiger partial charge in [-0.1, -0.05) is 22.6 Å². The van der Waals surface area contributed by atoms with Crippen molar-refractivity contribution in [2.24, 2.45) is 0 Å². The van der Waals surface area contributed by atoms with Crippen LogP contribution in [0.3, 0.4) is 0 Å². The highest BCUT2D eigenvalue weighted by Crippen LogP contribution is 2.13. The minimum absolute atomic E-state index is 0.104. The number of amides is 1. The van der Waals surface area contributed by atoms with Crippen LogP contribution in [0.15, 0.2) is 0 Å². The molecule has 0 radical (unpaired) electrons. The van der Waals surface area contributed by atoms with E-state index in [0.717, 1.165) is 0 Å². The van der Waals surface area contributed by atoms with Gasteiger partial charge in [-0.3, -0.25) is 0 Å². The Morgan fingerprint density at radius 1 is 1.15 bits per heavy atom. The molecule has 0 saturated carbocycles. The van der Waals surface area contributed by atoms with Crippen molar-refractivity contribution in [1.82, 2.24) is 5.32 Å². The second-order valence-electron chi connectivity index (χ2n) is 6.40. The lowest BCUT2D eigenvalue weighted by Gasteiger charge is -2.26. The number of hydrogen-bond donors (Lipinski definition) is 1. The van der Waals surface area contributed by atoms with Crippen LogP contribution in [0.1, 0.15) is 57.1 Å². The Bertz CT molecular complexity index is 397. The first-order chi connectivity index (χ1) is 9.59. The molecule has 0 saturated heterocycles. The zero-order valence-electron chi connectivity index (χ0n) is 15.0. The molecule has 0 aliphatic heterocycles. The monoisotopic (exact) mass is 401 g/mol. The Kier molecular flexibility index (Phi) is 6.38. The first-order valence-electron chi connectivity index (χ1n) is 7.50. The number of alkyl halides is 1. The Labute approximate surface area is 138 Å². The van der Waals surface area contributed by atoms with Crippen molar-refractivity contribution in [2.45, 2.75) is 71.6 Å². The van der Waals surface area contributed by atoms with Gasteiger partial charge in [0.15, 0.2) is 0 Å². The van der Waals surface area contributed by atoms with Crippen molar-refractivity contribution in [2.75, 3.05) is 4.38 Å². The van der Waals surface area contributed by atoms with E-state index in [1.54, 1.807) is 64.1 Å². The summed E-state index contributed by atoms with van der Waals surface area (Å²) in [5.74, 6) is -0.598. The van der Waals surface area contributed by atoms with Gasteiger partial charge >= 0.3 is 12.1 Å². The van der Waals surface area contributed by atoms with Crippen LogP contribution in [0.2, 0.25) is 0 Å². The summed E-state index contributed by atoms with van der Waals surface area (Å²) in [6.07, 6.45) is -0.491. The third-order valence-electron chi connectivity index (χ3n) is 1.91. The summed E-state index contributed by atoms with van der Waals surface area (Å²) in [4.78, 5) is 24.0. The number of rotatable bonds is 5. The Morgan fingerprint density at radius 3 is 2.05 bits per heavy atom. The average molecular weight is 401 g/mol. The molecule has 1 N–H and O–H groups in total. The average Bonchev–Trinajstić information content (AvgIpc) is 2.17. The number of esters is 1. The number of halogens is 1. The van der Waals surface area contributed by atoms with Crippen LogP contribution in [0.25, 0.3) is 0 Å². The van der Waals surface area contributed by atoms with Gasteiger partial charge in [0.2, 0.25) is 0 Å². The minimum atomic E-state index is -1.46. The number of carbonyl (C=O) groups is 2. The summed E-state index contributed by atoms with van der Waals surface area (Å²) in [7, 11) is 0. The van der Waals surface area contributed by atoms with Gasteiger partial charge in [-0.05, 0) is 58.8 Å². The smallest absolute Gasteiger partial charge is 0.408 e. The second-order valence-corrected chi connectivity index (χ2v) is 7.17. The van der Waals surface area contributed by atoms with Crippen LogP contribution in [0, 0.1) is 0 Å². The van der Waals surface area contributed by atoms with Crippen LogP contribution in [0.4, 0.5) is 4.79 Å². The van der Waals surface area contributed by atoms with E-state index in [1.807, 2.05) is 0 Å². The second kappa shape index (κ2) is 8.05. The van der Waals surface area contributed by atoms with Crippen molar-refractivity contribution in [3.63, 3.8) is 0 Å². The van der Waals surface area contributed by atoms with Gasteiger partial charge in [-0.2, -0.15) is 0 Å². The lowest BCUT2D eigenvalue weighted by molar-refractivity contribution is -0.157. The molecule has 0 rings (SSSR count). The van der Waals surface area contributed by atoms with Crippen LogP contribution in [0.5, 0.6) is 0 Å². The van der Waals surface area contributed by atoms with Gasteiger partial charge < -0.3 is 14.8 Å². The first kappa shape index (κ1) is 15.9. The largest absolute Gasteiger partial charge is 0.458 e. The third kappa shape index (κ3) is 10.3. The predicted molar refractivity (Wildman–Crippen MR) is 87.1 cm³/mol. The van der Waals surface area contributed by atoms with Crippen molar-refractivity contribution in [3.8, 4) is 0 Å². The molecule has 0 aromatic rings. The number of ether oxygens (including phenoxy) is 2. The van der Waals surface area contributed by atoms with Crippen LogP contribution in [-0.4, -0.2) is 33.7 Å². The normalized spacial score (nSPS) is 15.8. The Balaban J connectivity index is 4.86. The summed E-state index contributed by atoms with van der Waals surface area (Å²) < 4.78 is 24.0. The summed E-state index contributed by atoms with van der Waals surface area (Å²) >= 11 is 1.65. The number of nitrogens with one attached hydrogen (secondary N) is 1. The molecule has 0 bridgehead atoms.